The van der Waals surface area contributed by atoms with Crippen LogP contribution in [0.5, 0.6) is 0 Å². The van der Waals surface area contributed by atoms with Gasteiger partial charge in [0.05, 0.1) is 24.6 Å². The summed E-state index contributed by atoms with van der Waals surface area (Å²) in [5.74, 6) is 0.230. The van der Waals surface area contributed by atoms with E-state index in [1.54, 1.807) is 0 Å². The molecule has 3 atom stereocenters. The molecular formula is C18H26N2O2. The van der Waals surface area contributed by atoms with Gasteiger partial charge in [-0.25, -0.2) is 0 Å². The maximum absolute atomic E-state index is 12.8. The summed E-state index contributed by atoms with van der Waals surface area (Å²) in [5.41, 5.74) is 2.32. The molecule has 4 heteroatoms. The number of fused-ring (bicyclic) bond motifs is 1. The minimum Gasteiger partial charge on any atom is -0.374 e. The van der Waals surface area contributed by atoms with E-state index in [2.05, 4.69) is 55.1 Å². The first-order chi connectivity index (χ1) is 10.6. The molecule has 4 nitrogen and oxygen atoms in total. The van der Waals surface area contributed by atoms with Gasteiger partial charge >= 0.3 is 0 Å². The number of hydrogen-bond acceptors (Lipinski definition) is 3. The van der Waals surface area contributed by atoms with Crippen molar-refractivity contribution in [2.24, 2.45) is 0 Å². The Morgan fingerprint density at radius 1 is 1.32 bits per heavy atom. The van der Waals surface area contributed by atoms with Gasteiger partial charge in [-0.3, -0.25) is 4.79 Å². The van der Waals surface area contributed by atoms with E-state index in [0.29, 0.717) is 12.5 Å². The Kier molecular flexibility index (Phi) is 4.50. The lowest BCUT2D eigenvalue weighted by molar-refractivity contribution is -0.134. The molecule has 3 rings (SSSR count). The van der Waals surface area contributed by atoms with Gasteiger partial charge in [0.25, 0.3) is 0 Å². The van der Waals surface area contributed by atoms with Gasteiger partial charge in [-0.05, 0) is 39.4 Å². The molecule has 0 spiro atoms. The van der Waals surface area contributed by atoms with Crippen LogP contribution in [0, 0.1) is 6.92 Å². The van der Waals surface area contributed by atoms with Crippen molar-refractivity contribution in [3.8, 4) is 0 Å². The Bertz CT molecular complexity index is 526. The fraction of sp³-hybridized carbons (Fsp3) is 0.611. The first-order valence-electron chi connectivity index (χ1n) is 8.19. The highest BCUT2D eigenvalue weighted by atomic mass is 16.5. The molecule has 22 heavy (non-hydrogen) atoms. The molecule has 0 aromatic heterocycles. The van der Waals surface area contributed by atoms with E-state index in [1.165, 1.54) is 5.56 Å². The number of benzene rings is 1. The zero-order valence-corrected chi connectivity index (χ0v) is 13.8. The average molecular weight is 302 g/mol. The first-order valence-corrected chi connectivity index (χ1v) is 8.19. The average Bonchev–Trinajstić information content (AvgIpc) is 2.89. The van der Waals surface area contributed by atoms with Crippen LogP contribution in [0.1, 0.15) is 24.0 Å². The van der Waals surface area contributed by atoms with E-state index in [0.717, 1.165) is 31.6 Å². The van der Waals surface area contributed by atoms with Crippen LogP contribution in [0.4, 0.5) is 0 Å². The Morgan fingerprint density at radius 3 is 2.73 bits per heavy atom. The third kappa shape index (κ3) is 3.03. The van der Waals surface area contributed by atoms with Crippen molar-refractivity contribution in [1.29, 1.82) is 0 Å². The molecule has 1 aromatic rings. The normalized spacial score (nSPS) is 28.0. The van der Waals surface area contributed by atoms with Crippen LogP contribution in [-0.4, -0.2) is 61.1 Å². The van der Waals surface area contributed by atoms with Crippen LogP contribution < -0.4 is 0 Å². The van der Waals surface area contributed by atoms with Crippen LogP contribution in [0.15, 0.2) is 24.3 Å². The van der Waals surface area contributed by atoms with Crippen LogP contribution in [0.3, 0.4) is 0 Å². The number of amides is 1. The van der Waals surface area contributed by atoms with Crippen LogP contribution in [0.25, 0.3) is 0 Å². The van der Waals surface area contributed by atoms with E-state index in [1.807, 2.05) is 0 Å². The second-order valence-corrected chi connectivity index (χ2v) is 6.78. The zero-order valence-electron chi connectivity index (χ0n) is 13.8. The number of nitrogens with zero attached hydrogens (tertiary/aromatic N) is 2. The maximum atomic E-state index is 12.8. The summed E-state index contributed by atoms with van der Waals surface area (Å²) >= 11 is 0. The molecule has 0 radical (unpaired) electrons. The molecule has 0 N–H and O–H groups in total. The van der Waals surface area contributed by atoms with Crippen LogP contribution >= 0.6 is 0 Å². The number of ether oxygens (including phenoxy) is 1. The summed E-state index contributed by atoms with van der Waals surface area (Å²) < 4.78 is 5.99. The van der Waals surface area contributed by atoms with E-state index < -0.39 is 0 Å². The molecule has 2 aliphatic rings. The number of carbonyl (C=O) groups is 1. The molecule has 1 aromatic carbocycles. The van der Waals surface area contributed by atoms with Crippen molar-refractivity contribution in [3.05, 3.63) is 35.4 Å². The number of hydrogen-bond donors (Lipinski definition) is 0. The summed E-state index contributed by atoms with van der Waals surface area (Å²) in [4.78, 5) is 17.0. The standard InChI is InChI=1S/C18H26N2O2/c1-13-6-8-14(9-7-13)11-17(21)20-12-16(19(2)3)18-15(20)5-4-10-22-18/h6-9,15-16,18H,4-5,10-12H2,1-3H3/t15-,16-,18+/m1/s1. The first kappa shape index (κ1) is 15.5. The van der Waals surface area contributed by atoms with Gasteiger partial charge in [0, 0.05) is 13.2 Å². The second-order valence-electron chi connectivity index (χ2n) is 6.78. The second kappa shape index (κ2) is 6.39. The van der Waals surface area contributed by atoms with Gasteiger partial charge in [-0.2, -0.15) is 0 Å². The van der Waals surface area contributed by atoms with E-state index in [4.69, 9.17) is 4.74 Å². The topological polar surface area (TPSA) is 32.8 Å². The summed E-state index contributed by atoms with van der Waals surface area (Å²) in [6, 6.07) is 8.82. The molecule has 120 valence electrons. The van der Waals surface area contributed by atoms with Crippen molar-refractivity contribution < 1.29 is 9.53 Å². The predicted octanol–water partition coefficient (Wildman–Crippen LogP) is 1.86. The molecule has 1 amide bonds. The van der Waals surface area contributed by atoms with Crippen LogP contribution in [0.2, 0.25) is 0 Å². The van der Waals surface area contributed by atoms with E-state index in [-0.39, 0.29) is 18.1 Å². The predicted molar refractivity (Wildman–Crippen MR) is 86.8 cm³/mol. The number of likely N-dealkylation sites (tertiary alicyclic amines) is 1. The molecule has 0 aliphatic carbocycles. The summed E-state index contributed by atoms with van der Waals surface area (Å²) in [6.07, 6.45) is 2.78. The number of carbonyl (C=O) groups excluding carboxylic acids is 1. The van der Waals surface area contributed by atoms with Crippen molar-refractivity contribution >= 4 is 5.91 Å². The molecule has 0 unspecified atom stereocenters. The minimum atomic E-state index is 0.172. The van der Waals surface area contributed by atoms with Crippen molar-refractivity contribution in [2.75, 3.05) is 27.2 Å². The van der Waals surface area contributed by atoms with E-state index >= 15 is 0 Å². The number of likely N-dealkylation sites (N-methyl/N-ethyl adjacent to an activating group) is 1. The molecule has 2 heterocycles. The van der Waals surface area contributed by atoms with Crippen molar-refractivity contribution in [1.82, 2.24) is 9.80 Å². The Balaban J connectivity index is 1.72. The summed E-state index contributed by atoms with van der Waals surface area (Å²) in [7, 11) is 4.15. The smallest absolute Gasteiger partial charge is 0.227 e. The van der Waals surface area contributed by atoms with Crippen molar-refractivity contribution in [3.63, 3.8) is 0 Å². The fourth-order valence-electron chi connectivity index (χ4n) is 3.65. The van der Waals surface area contributed by atoms with Gasteiger partial charge < -0.3 is 14.5 Å². The Labute approximate surface area is 133 Å². The minimum absolute atomic E-state index is 0.172. The Hall–Kier alpha value is -1.39. The van der Waals surface area contributed by atoms with Crippen molar-refractivity contribution in [2.45, 2.75) is 44.4 Å². The van der Waals surface area contributed by atoms with Crippen LogP contribution in [-0.2, 0) is 16.0 Å². The maximum Gasteiger partial charge on any atom is 0.227 e. The molecule has 2 aliphatic heterocycles. The lowest BCUT2D eigenvalue weighted by Crippen LogP contribution is -2.46. The lowest BCUT2D eigenvalue weighted by atomic mass is 10.00. The number of aryl methyl sites for hydroxylation is 1. The van der Waals surface area contributed by atoms with Gasteiger partial charge in [-0.1, -0.05) is 29.8 Å². The number of rotatable bonds is 3. The molecule has 0 saturated carbocycles. The molecule has 2 saturated heterocycles. The fourth-order valence-corrected chi connectivity index (χ4v) is 3.65. The monoisotopic (exact) mass is 302 g/mol. The highest BCUT2D eigenvalue weighted by Crippen LogP contribution is 2.31. The quantitative estimate of drug-likeness (QED) is 0.854. The van der Waals surface area contributed by atoms with Gasteiger partial charge in [0.2, 0.25) is 5.91 Å². The van der Waals surface area contributed by atoms with E-state index in [9.17, 15) is 4.79 Å². The third-order valence-electron chi connectivity index (χ3n) is 4.96. The van der Waals surface area contributed by atoms with Gasteiger partial charge in [0.1, 0.15) is 0 Å². The lowest BCUT2D eigenvalue weighted by Gasteiger charge is -2.33. The zero-order chi connectivity index (χ0) is 15.7. The third-order valence-corrected chi connectivity index (χ3v) is 4.96. The Morgan fingerprint density at radius 2 is 2.05 bits per heavy atom. The largest absolute Gasteiger partial charge is 0.374 e. The highest BCUT2D eigenvalue weighted by Gasteiger charge is 2.46. The SMILES string of the molecule is Cc1ccc(CC(=O)N2C[C@@H](N(C)C)[C@H]3OCCC[C@H]32)cc1. The van der Waals surface area contributed by atoms with Gasteiger partial charge in [0.15, 0.2) is 0 Å². The van der Waals surface area contributed by atoms with Gasteiger partial charge in [-0.15, -0.1) is 0 Å². The summed E-state index contributed by atoms with van der Waals surface area (Å²) in [5, 5.41) is 0. The highest BCUT2D eigenvalue weighted by molar-refractivity contribution is 5.79. The molecular weight excluding hydrogens is 276 g/mol. The molecule has 0 bridgehead atoms. The summed E-state index contributed by atoms with van der Waals surface area (Å²) in [6.45, 7) is 3.68. The molecule has 2 fully saturated rings.